The molecule has 0 saturated heterocycles. The molecule has 0 aromatic heterocycles. The van der Waals surface area contributed by atoms with Crippen LogP contribution in [0.4, 0.5) is 0 Å². The maximum Gasteiger partial charge on any atom is 0.0109 e. The van der Waals surface area contributed by atoms with Crippen molar-refractivity contribution in [3.8, 4) is 0 Å². The van der Waals surface area contributed by atoms with Crippen LogP contribution in [0.1, 0.15) is 52.9 Å². The molecule has 0 amide bonds. The van der Waals surface area contributed by atoms with Gasteiger partial charge in [0.15, 0.2) is 0 Å². The van der Waals surface area contributed by atoms with Gasteiger partial charge in [0.2, 0.25) is 0 Å². The minimum Gasteiger partial charge on any atom is -0.326 e. The summed E-state index contributed by atoms with van der Waals surface area (Å²) in [4.78, 5) is 2.61. The van der Waals surface area contributed by atoms with Crippen LogP contribution in [-0.2, 0) is 0 Å². The first-order chi connectivity index (χ1) is 6.53. The van der Waals surface area contributed by atoms with Crippen molar-refractivity contribution in [2.75, 3.05) is 13.1 Å². The van der Waals surface area contributed by atoms with Crippen LogP contribution in [0.25, 0.3) is 0 Å². The Morgan fingerprint density at radius 1 is 1.29 bits per heavy atom. The number of rotatable bonds is 5. The van der Waals surface area contributed by atoms with Crippen LogP contribution in [-0.4, -0.2) is 29.6 Å². The lowest BCUT2D eigenvalue weighted by atomic mass is 10.0. The number of nitrogens with two attached hydrogens (primary N) is 1. The molecular formula is C12H26N2. The van der Waals surface area contributed by atoms with Gasteiger partial charge in [0.1, 0.15) is 0 Å². The van der Waals surface area contributed by atoms with Crippen molar-refractivity contribution in [1.82, 2.24) is 4.90 Å². The lowest BCUT2D eigenvalue weighted by Gasteiger charge is -2.30. The van der Waals surface area contributed by atoms with Crippen LogP contribution >= 0.6 is 0 Å². The topological polar surface area (TPSA) is 29.3 Å². The fourth-order valence-corrected chi connectivity index (χ4v) is 2.30. The summed E-state index contributed by atoms with van der Waals surface area (Å²) in [6.07, 6.45) is 6.76. The molecule has 0 heterocycles. The third-order valence-electron chi connectivity index (χ3n) is 3.29. The van der Waals surface area contributed by atoms with Gasteiger partial charge in [-0.05, 0) is 39.7 Å². The second-order valence-corrected chi connectivity index (χ2v) is 5.31. The molecule has 1 aliphatic carbocycles. The summed E-state index contributed by atoms with van der Waals surface area (Å²) in [6.45, 7) is 8.86. The van der Waals surface area contributed by atoms with E-state index in [2.05, 4.69) is 25.7 Å². The molecule has 0 bridgehead atoms. The zero-order chi connectivity index (χ0) is 10.6. The normalized spacial score (nSPS) is 19.5. The Hall–Kier alpha value is -0.0800. The Labute approximate surface area is 88.8 Å². The zero-order valence-corrected chi connectivity index (χ0v) is 10.1. The van der Waals surface area contributed by atoms with E-state index < -0.39 is 0 Å². The first kappa shape index (κ1) is 12.0. The maximum absolute atomic E-state index is 6.01. The summed E-state index contributed by atoms with van der Waals surface area (Å²) in [7, 11) is 0. The van der Waals surface area contributed by atoms with Gasteiger partial charge in [-0.15, -0.1) is 0 Å². The number of hydrogen-bond donors (Lipinski definition) is 1. The smallest absolute Gasteiger partial charge is 0.0109 e. The molecule has 0 unspecified atom stereocenters. The molecular weight excluding hydrogens is 172 g/mol. The van der Waals surface area contributed by atoms with Crippen molar-refractivity contribution in [2.45, 2.75) is 64.5 Å². The minimum absolute atomic E-state index is 0.00791. The highest BCUT2D eigenvalue weighted by atomic mass is 15.1. The minimum atomic E-state index is -0.00791. The Morgan fingerprint density at radius 3 is 2.29 bits per heavy atom. The van der Waals surface area contributed by atoms with Crippen LogP contribution in [0.5, 0.6) is 0 Å². The van der Waals surface area contributed by atoms with Crippen molar-refractivity contribution in [2.24, 2.45) is 5.73 Å². The molecule has 14 heavy (non-hydrogen) atoms. The summed E-state index contributed by atoms with van der Waals surface area (Å²) in [5.74, 6) is 0. The van der Waals surface area contributed by atoms with E-state index in [9.17, 15) is 0 Å². The summed E-state index contributed by atoms with van der Waals surface area (Å²) in [5.41, 5.74) is 6.00. The van der Waals surface area contributed by atoms with E-state index in [4.69, 9.17) is 5.73 Å². The Kier molecular flexibility index (Phi) is 4.39. The monoisotopic (exact) mass is 198 g/mol. The second-order valence-electron chi connectivity index (χ2n) is 5.31. The molecule has 84 valence electrons. The van der Waals surface area contributed by atoms with E-state index >= 15 is 0 Å². The third-order valence-corrected chi connectivity index (χ3v) is 3.29. The van der Waals surface area contributed by atoms with Crippen LogP contribution in [0.2, 0.25) is 0 Å². The van der Waals surface area contributed by atoms with Gasteiger partial charge in [-0.25, -0.2) is 0 Å². The molecule has 2 nitrogen and oxygen atoms in total. The number of nitrogens with zero attached hydrogens (tertiary/aromatic N) is 1. The fraction of sp³-hybridized carbons (Fsp3) is 1.00. The standard InChI is InChI=1S/C12H26N2/c1-4-14(10-9-12(2,3)13)11-7-5-6-8-11/h11H,4-10,13H2,1-3H3. The summed E-state index contributed by atoms with van der Waals surface area (Å²) in [6, 6.07) is 0.849. The molecule has 1 saturated carbocycles. The molecule has 0 aromatic carbocycles. The van der Waals surface area contributed by atoms with Crippen molar-refractivity contribution in [1.29, 1.82) is 0 Å². The lowest BCUT2D eigenvalue weighted by molar-refractivity contribution is 0.192. The van der Waals surface area contributed by atoms with Gasteiger partial charge in [-0.2, -0.15) is 0 Å². The average Bonchev–Trinajstić information content (AvgIpc) is 2.56. The molecule has 0 atom stereocenters. The average molecular weight is 198 g/mol. The maximum atomic E-state index is 6.01. The molecule has 1 fully saturated rings. The Bertz CT molecular complexity index is 154. The third kappa shape index (κ3) is 3.97. The summed E-state index contributed by atoms with van der Waals surface area (Å²) in [5, 5.41) is 0. The van der Waals surface area contributed by atoms with Crippen molar-refractivity contribution in [3.05, 3.63) is 0 Å². The van der Waals surface area contributed by atoms with Gasteiger partial charge < -0.3 is 10.6 Å². The quantitative estimate of drug-likeness (QED) is 0.735. The summed E-state index contributed by atoms with van der Waals surface area (Å²) >= 11 is 0. The van der Waals surface area contributed by atoms with E-state index in [1.807, 2.05) is 0 Å². The first-order valence-electron chi connectivity index (χ1n) is 6.06. The van der Waals surface area contributed by atoms with Gasteiger partial charge in [-0.3, -0.25) is 0 Å². The van der Waals surface area contributed by atoms with Crippen LogP contribution in [0.15, 0.2) is 0 Å². The van der Waals surface area contributed by atoms with Crippen molar-refractivity contribution in [3.63, 3.8) is 0 Å². The SMILES string of the molecule is CCN(CCC(C)(C)N)C1CCCC1. The Balaban J connectivity index is 2.31. The highest BCUT2D eigenvalue weighted by Gasteiger charge is 2.22. The van der Waals surface area contributed by atoms with Crippen molar-refractivity contribution < 1.29 is 0 Å². The molecule has 0 aliphatic heterocycles. The first-order valence-corrected chi connectivity index (χ1v) is 6.06. The predicted molar refractivity (Wildman–Crippen MR) is 62.4 cm³/mol. The van der Waals surface area contributed by atoms with Gasteiger partial charge >= 0.3 is 0 Å². The molecule has 0 radical (unpaired) electrons. The number of hydrogen-bond acceptors (Lipinski definition) is 2. The van der Waals surface area contributed by atoms with E-state index in [0.717, 1.165) is 12.5 Å². The van der Waals surface area contributed by atoms with Crippen LogP contribution < -0.4 is 5.73 Å². The van der Waals surface area contributed by atoms with Crippen LogP contribution in [0.3, 0.4) is 0 Å². The van der Waals surface area contributed by atoms with E-state index in [0.29, 0.717) is 0 Å². The summed E-state index contributed by atoms with van der Waals surface area (Å²) < 4.78 is 0. The van der Waals surface area contributed by atoms with E-state index in [-0.39, 0.29) is 5.54 Å². The molecule has 1 aliphatic rings. The van der Waals surface area contributed by atoms with Crippen molar-refractivity contribution >= 4 is 0 Å². The largest absolute Gasteiger partial charge is 0.326 e. The van der Waals surface area contributed by atoms with Gasteiger partial charge in [0, 0.05) is 18.1 Å². The molecule has 1 rings (SSSR count). The second kappa shape index (κ2) is 5.13. The van der Waals surface area contributed by atoms with Crippen LogP contribution in [0, 0.1) is 0 Å². The Morgan fingerprint density at radius 2 is 1.86 bits per heavy atom. The molecule has 0 aromatic rings. The molecule has 2 heteroatoms. The van der Waals surface area contributed by atoms with Gasteiger partial charge in [0.05, 0.1) is 0 Å². The van der Waals surface area contributed by atoms with Gasteiger partial charge in [0.25, 0.3) is 0 Å². The fourth-order valence-electron chi connectivity index (χ4n) is 2.30. The predicted octanol–water partition coefficient (Wildman–Crippen LogP) is 2.38. The van der Waals surface area contributed by atoms with Gasteiger partial charge in [-0.1, -0.05) is 19.8 Å². The highest BCUT2D eigenvalue weighted by molar-refractivity contribution is 4.80. The zero-order valence-electron chi connectivity index (χ0n) is 10.1. The molecule has 0 spiro atoms. The highest BCUT2D eigenvalue weighted by Crippen LogP contribution is 2.23. The van der Waals surface area contributed by atoms with E-state index in [1.54, 1.807) is 0 Å². The molecule has 2 N–H and O–H groups in total. The lowest BCUT2D eigenvalue weighted by Crippen LogP contribution is -2.40. The van der Waals surface area contributed by atoms with E-state index in [1.165, 1.54) is 38.8 Å².